The van der Waals surface area contributed by atoms with E-state index in [1.807, 2.05) is 12.1 Å². The zero-order valence-electron chi connectivity index (χ0n) is 13.5. The van der Waals surface area contributed by atoms with Crippen molar-refractivity contribution in [2.45, 2.75) is 71.6 Å². The molecule has 0 aliphatic heterocycles. The molecule has 0 saturated carbocycles. The Bertz CT molecular complexity index is 391. The Morgan fingerprint density at radius 3 is 2.25 bits per heavy atom. The number of phenols is 1. The monoisotopic (exact) mass is 278 g/mol. The Morgan fingerprint density at radius 2 is 1.60 bits per heavy atom. The number of rotatable bonds is 8. The van der Waals surface area contributed by atoms with E-state index >= 15 is 0 Å². The van der Waals surface area contributed by atoms with Gasteiger partial charge in [0, 0.05) is 6.07 Å². The Balaban J connectivity index is 2.39. The lowest BCUT2D eigenvalue weighted by Crippen LogP contribution is -2.11. The van der Waals surface area contributed by atoms with Gasteiger partial charge in [-0.05, 0) is 29.5 Å². The summed E-state index contributed by atoms with van der Waals surface area (Å²) in [5, 5.41) is 9.78. The predicted molar refractivity (Wildman–Crippen MR) is 85.7 cm³/mol. The van der Waals surface area contributed by atoms with Crippen LogP contribution in [0.5, 0.6) is 11.5 Å². The minimum absolute atomic E-state index is 0.0248. The molecule has 0 aliphatic carbocycles. The molecule has 0 amide bonds. The molecule has 2 nitrogen and oxygen atoms in total. The summed E-state index contributed by atoms with van der Waals surface area (Å²) in [5.41, 5.74) is 1.13. The van der Waals surface area contributed by atoms with Crippen molar-refractivity contribution in [3.8, 4) is 11.5 Å². The van der Waals surface area contributed by atoms with E-state index in [4.69, 9.17) is 4.74 Å². The van der Waals surface area contributed by atoms with Crippen molar-refractivity contribution in [2.75, 3.05) is 6.61 Å². The van der Waals surface area contributed by atoms with Gasteiger partial charge < -0.3 is 9.84 Å². The summed E-state index contributed by atoms with van der Waals surface area (Å²) >= 11 is 0. The van der Waals surface area contributed by atoms with Gasteiger partial charge in [-0.1, -0.05) is 59.8 Å². The lowest BCUT2D eigenvalue weighted by molar-refractivity contribution is 0.302. The smallest absolute Gasteiger partial charge is 0.123 e. The summed E-state index contributed by atoms with van der Waals surface area (Å²) in [6, 6.07) is 5.56. The molecular formula is C18H30O2. The second-order valence-electron chi connectivity index (χ2n) is 6.58. The van der Waals surface area contributed by atoms with Gasteiger partial charge in [0.05, 0.1) is 6.61 Å². The van der Waals surface area contributed by atoms with E-state index in [0.29, 0.717) is 0 Å². The maximum absolute atomic E-state index is 9.78. The number of ether oxygens (including phenoxy) is 1. The molecule has 0 spiro atoms. The highest BCUT2D eigenvalue weighted by Gasteiger charge is 2.15. The molecule has 114 valence electrons. The molecule has 0 saturated heterocycles. The van der Waals surface area contributed by atoms with Crippen LogP contribution < -0.4 is 4.74 Å². The normalized spacial score (nSPS) is 11.6. The summed E-state index contributed by atoms with van der Waals surface area (Å²) in [4.78, 5) is 0. The first-order valence-corrected chi connectivity index (χ1v) is 7.91. The maximum Gasteiger partial charge on any atom is 0.123 e. The molecule has 1 aromatic carbocycles. The number of unbranched alkanes of at least 4 members (excludes halogenated alkanes) is 5. The van der Waals surface area contributed by atoms with Crippen molar-refractivity contribution in [3.05, 3.63) is 23.8 Å². The van der Waals surface area contributed by atoms with Gasteiger partial charge in [0.15, 0.2) is 0 Å². The molecule has 1 rings (SSSR count). The van der Waals surface area contributed by atoms with Crippen LogP contribution in [0.15, 0.2) is 18.2 Å². The third-order valence-corrected chi connectivity index (χ3v) is 3.52. The minimum Gasteiger partial charge on any atom is -0.508 e. The quantitative estimate of drug-likeness (QED) is 0.642. The van der Waals surface area contributed by atoms with Crippen LogP contribution in [0.2, 0.25) is 0 Å². The summed E-state index contributed by atoms with van der Waals surface area (Å²) in [7, 11) is 0. The number of phenolic OH excluding ortho intramolecular Hbond substituents is 1. The van der Waals surface area contributed by atoms with Gasteiger partial charge in [0.25, 0.3) is 0 Å². The molecule has 0 heterocycles. The molecule has 1 N–H and O–H groups in total. The summed E-state index contributed by atoms with van der Waals surface area (Å²) < 4.78 is 5.77. The zero-order valence-corrected chi connectivity index (χ0v) is 13.5. The average molecular weight is 278 g/mol. The van der Waals surface area contributed by atoms with Gasteiger partial charge >= 0.3 is 0 Å². The fourth-order valence-corrected chi connectivity index (χ4v) is 2.17. The van der Waals surface area contributed by atoms with Crippen LogP contribution in [0.25, 0.3) is 0 Å². The van der Waals surface area contributed by atoms with Crippen molar-refractivity contribution >= 4 is 0 Å². The second-order valence-corrected chi connectivity index (χ2v) is 6.58. The maximum atomic E-state index is 9.78. The van der Waals surface area contributed by atoms with Crippen molar-refractivity contribution in [2.24, 2.45) is 0 Å². The van der Waals surface area contributed by atoms with Crippen LogP contribution >= 0.6 is 0 Å². The Kier molecular flexibility index (Phi) is 6.90. The van der Waals surface area contributed by atoms with Gasteiger partial charge in [0.2, 0.25) is 0 Å². The second kappa shape index (κ2) is 8.18. The van der Waals surface area contributed by atoms with Crippen molar-refractivity contribution in [1.82, 2.24) is 0 Å². The van der Waals surface area contributed by atoms with Crippen LogP contribution in [0.3, 0.4) is 0 Å². The van der Waals surface area contributed by atoms with E-state index in [1.165, 1.54) is 32.1 Å². The van der Waals surface area contributed by atoms with Gasteiger partial charge in [-0.2, -0.15) is 0 Å². The highest BCUT2D eigenvalue weighted by molar-refractivity contribution is 5.40. The van der Waals surface area contributed by atoms with Crippen molar-refractivity contribution in [1.29, 1.82) is 0 Å². The Hall–Kier alpha value is -1.18. The summed E-state index contributed by atoms with van der Waals surface area (Å²) in [5.74, 6) is 1.07. The van der Waals surface area contributed by atoms with Crippen LogP contribution in [-0.2, 0) is 5.41 Å². The molecule has 1 aromatic rings. The van der Waals surface area contributed by atoms with E-state index in [9.17, 15) is 5.11 Å². The van der Waals surface area contributed by atoms with E-state index in [1.54, 1.807) is 6.07 Å². The van der Waals surface area contributed by atoms with Gasteiger partial charge in [-0.3, -0.25) is 0 Å². The molecule has 0 aromatic heterocycles. The van der Waals surface area contributed by atoms with Crippen molar-refractivity contribution < 1.29 is 9.84 Å². The highest BCUT2D eigenvalue weighted by atomic mass is 16.5. The number of hydrogen-bond acceptors (Lipinski definition) is 2. The summed E-state index contributed by atoms with van der Waals surface area (Å²) in [6.07, 6.45) is 7.56. The number of benzene rings is 1. The SMILES string of the molecule is CCCCCCCCOc1cc(O)cc(C(C)(C)C)c1. The predicted octanol–water partition coefficient (Wildman–Crippen LogP) is 5.43. The fraction of sp³-hybridized carbons (Fsp3) is 0.667. The van der Waals surface area contributed by atoms with Crippen molar-refractivity contribution in [3.63, 3.8) is 0 Å². The molecular weight excluding hydrogens is 248 g/mol. The number of aromatic hydroxyl groups is 1. The lowest BCUT2D eigenvalue weighted by Gasteiger charge is -2.20. The molecule has 0 atom stereocenters. The van der Waals surface area contributed by atoms with E-state index in [0.717, 1.165) is 24.3 Å². The molecule has 0 aliphatic rings. The highest BCUT2D eigenvalue weighted by Crippen LogP contribution is 2.30. The zero-order chi connectivity index (χ0) is 15.0. The van der Waals surface area contributed by atoms with Crippen LogP contribution in [0.1, 0.15) is 71.8 Å². The van der Waals surface area contributed by atoms with Crippen LogP contribution in [-0.4, -0.2) is 11.7 Å². The van der Waals surface area contributed by atoms with Gasteiger partial charge in [-0.25, -0.2) is 0 Å². The molecule has 2 heteroatoms. The first kappa shape index (κ1) is 16.9. The topological polar surface area (TPSA) is 29.5 Å². The molecule has 0 radical (unpaired) electrons. The van der Waals surface area contributed by atoms with Gasteiger partial charge in [-0.15, -0.1) is 0 Å². The lowest BCUT2D eigenvalue weighted by atomic mass is 9.87. The average Bonchev–Trinajstić information content (AvgIpc) is 2.36. The Morgan fingerprint density at radius 1 is 0.950 bits per heavy atom. The van der Waals surface area contributed by atoms with E-state index in [2.05, 4.69) is 27.7 Å². The van der Waals surface area contributed by atoms with E-state index in [-0.39, 0.29) is 11.2 Å². The summed E-state index contributed by atoms with van der Waals surface area (Å²) in [6.45, 7) is 9.38. The van der Waals surface area contributed by atoms with Crippen LogP contribution in [0, 0.1) is 0 Å². The van der Waals surface area contributed by atoms with E-state index < -0.39 is 0 Å². The van der Waals surface area contributed by atoms with Gasteiger partial charge in [0.1, 0.15) is 11.5 Å². The first-order valence-electron chi connectivity index (χ1n) is 7.91. The third kappa shape index (κ3) is 6.31. The minimum atomic E-state index is 0.0248. The standard InChI is InChI=1S/C18H30O2/c1-5-6-7-8-9-10-11-20-17-13-15(18(2,3)4)12-16(19)14-17/h12-14,19H,5-11H2,1-4H3. The molecule has 0 unspecified atom stereocenters. The first-order chi connectivity index (χ1) is 9.43. The largest absolute Gasteiger partial charge is 0.508 e. The molecule has 0 bridgehead atoms. The van der Waals surface area contributed by atoms with Crippen LogP contribution in [0.4, 0.5) is 0 Å². The molecule has 20 heavy (non-hydrogen) atoms. The number of hydrogen-bond donors (Lipinski definition) is 1. The fourth-order valence-electron chi connectivity index (χ4n) is 2.17. The Labute approximate surface area is 124 Å². The third-order valence-electron chi connectivity index (χ3n) is 3.52. The molecule has 0 fully saturated rings.